The minimum Gasteiger partial charge on any atom is -0.492 e. The number of carbonyl (C=O) groups is 2. The minimum atomic E-state index is -0.966. The molecule has 0 aromatic heterocycles. The SMILES string of the molecule is CCOC(Cc1ccc(OCCN(CC2CC2)C(=O)OC(C)C)cc1)C(=O)O. The van der Waals surface area contributed by atoms with Crippen LogP contribution in [0.4, 0.5) is 4.79 Å². The van der Waals surface area contributed by atoms with Gasteiger partial charge in [0.15, 0.2) is 6.10 Å². The lowest BCUT2D eigenvalue weighted by Crippen LogP contribution is -2.37. The Morgan fingerprint density at radius 2 is 1.89 bits per heavy atom. The fourth-order valence-corrected chi connectivity index (χ4v) is 2.77. The number of benzene rings is 1. The van der Waals surface area contributed by atoms with Gasteiger partial charge < -0.3 is 24.2 Å². The van der Waals surface area contributed by atoms with E-state index >= 15 is 0 Å². The molecule has 7 heteroatoms. The molecule has 1 N–H and O–H groups in total. The molecule has 1 unspecified atom stereocenters. The van der Waals surface area contributed by atoms with E-state index in [0.717, 1.165) is 18.4 Å². The van der Waals surface area contributed by atoms with Gasteiger partial charge in [0.05, 0.1) is 12.6 Å². The molecule has 156 valence electrons. The van der Waals surface area contributed by atoms with Crippen molar-refractivity contribution in [3.05, 3.63) is 29.8 Å². The molecule has 0 saturated heterocycles. The summed E-state index contributed by atoms with van der Waals surface area (Å²) in [6.07, 6.45) is 1.34. The average Bonchev–Trinajstić information content (AvgIpc) is 3.45. The molecule has 0 radical (unpaired) electrons. The van der Waals surface area contributed by atoms with Crippen molar-refractivity contribution in [3.8, 4) is 5.75 Å². The summed E-state index contributed by atoms with van der Waals surface area (Å²) < 4.78 is 16.3. The second-order valence-electron chi connectivity index (χ2n) is 7.30. The molecule has 1 fully saturated rings. The second-order valence-corrected chi connectivity index (χ2v) is 7.30. The zero-order valence-corrected chi connectivity index (χ0v) is 16.9. The monoisotopic (exact) mass is 393 g/mol. The molecule has 2 rings (SSSR count). The summed E-state index contributed by atoms with van der Waals surface area (Å²) >= 11 is 0. The summed E-state index contributed by atoms with van der Waals surface area (Å²) in [5, 5.41) is 9.16. The molecule has 1 amide bonds. The molecule has 0 bridgehead atoms. The quantitative estimate of drug-likeness (QED) is 0.586. The number of carboxylic acid groups (broad SMARTS) is 1. The number of amides is 1. The van der Waals surface area contributed by atoms with Crippen LogP contribution in [0.2, 0.25) is 0 Å². The van der Waals surface area contributed by atoms with Crippen molar-refractivity contribution in [1.29, 1.82) is 0 Å². The number of ether oxygens (including phenoxy) is 3. The van der Waals surface area contributed by atoms with Crippen LogP contribution >= 0.6 is 0 Å². The van der Waals surface area contributed by atoms with E-state index in [2.05, 4.69) is 0 Å². The molecule has 1 atom stereocenters. The van der Waals surface area contributed by atoms with Gasteiger partial charge in [0.2, 0.25) is 0 Å². The van der Waals surface area contributed by atoms with Gasteiger partial charge in [-0.2, -0.15) is 0 Å². The highest BCUT2D eigenvalue weighted by Crippen LogP contribution is 2.30. The molecule has 1 saturated carbocycles. The van der Waals surface area contributed by atoms with Crippen LogP contribution < -0.4 is 4.74 Å². The summed E-state index contributed by atoms with van der Waals surface area (Å²) in [7, 11) is 0. The lowest BCUT2D eigenvalue weighted by molar-refractivity contribution is -0.149. The Bertz CT molecular complexity index is 626. The van der Waals surface area contributed by atoms with Crippen LogP contribution in [0, 0.1) is 5.92 Å². The van der Waals surface area contributed by atoms with Crippen LogP contribution in [0.25, 0.3) is 0 Å². The van der Waals surface area contributed by atoms with E-state index in [9.17, 15) is 9.59 Å². The second kappa shape index (κ2) is 10.9. The van der Waals surface area contributed by atoms with Gasteiger partial charge in [-0.05, 0) is 57.2 Å². The van der Waals surface area contributed by atoms with Gasteiger partial charge in [-0.25, -0.2) is 9.59 Å². The third kappa shape index (κ3) is 7.76. The van der Waals surface area contributed by atoms with Gasteiger partial charge in [-0.15, -0.1) is 0 Å². The summed E-state index contributed by atoms with van der Waals surface area (Å²) in [4.78, 5) is 25.1. The largest absolute Gasteiger partial charge is 0.492 e. The molecule has 1 aromatic carbocycles. The minimum absolute atomic E-state index is 0.144. The predicted octanol–water partition coefficient (Wildman–Crippen LogP) is 3.35. The Balaban J connectivity index is 1.82. The van der Waals surface area contributed by atoms with Crippen LogP contribution in [0.1, 0.15) is 39.2 Å². The van der Waals surface area contributed by atoms with Crippen molar-refractivity contribution in [1.82, 2.24) is 4.90 Å². The maximum absolute atomic E-state index is 12.2. The van der Waals surface area contributed by atoms with Crippen LogP contribution in [-0.4, -0.2) is 60.6 Å². The van der Waals surface area contributed by atoms with E-state index in [-0.39, 0.29) is 12.2 Å². The Labute approximate surface area is 166 Å². The topological polar surface area (TPSA) is 85.3 Å². The van der Waals surface area contributed by atoms with Crippen LogP contribution in [-0.2, 0) is 20.7 Å². The number of carboxylic acids is 1. The van der Waals surface area contributed by atoms with E-state index < -0.39 is 12.1 Å². The lowest BCUT2D eigenvalue weighted by Gasteiger charge is -2.23. The normalized spacial score (nSPS) is 14.6. The van der Waals surface area contributed by atoms with E-state index in [1.807, 2.05) is 26.0 Å². The number of nitrogens with zero attached hydrogens (tertiary/aromatic N) is 1. The van der Waals surface area contributed by atoms with Crippen molar-refractivity contribution in [2.75, 3.05) is 26.3 Å². The van der Waals surface area contributed by atoms with Gasteiger partial charge in [0.1, 0.15) is 12.4 Å². The van der Waals surface area contributed by atoms with Gasteiger partial charge in [-0.3, -0.25) is 0 Å². The first kappa shape index (κ1) is 22.0. The lowest BCUT2D eigenvalue weighted by atomic mass is 10.1. The van der Waals surface area contributed by atoms with E-state index in [0.29, 0.717) is 44.4 Å². The van der Waals surface area contributed by atoms with Crippen molar-refractivity contribution < 1.29 is 28.9 Å². The zero-order valence-electron chi connectivity index (χ0n) is 16.9. The molecule has 28 heavy (non-hydrogen) atoms. The summed E-state index contributed by atoms with van der Waals surface area (Å²) in [5.41, 5.74) is 0.865. The predicted molar refractivity (Wildman–Crippen MR) is 105 cm³/mol. The maximum Gasteiger partial charge on any atom is 0.410 e. The van der Waals surface area contributed by atoms with E-state index in [4.69, 9.17) is 19.3 Å². The molecule has 0 heterocycles. The Morgan fingerprint density at radius 3 is 2.43 bits per heavy atom. The van der Waals surface area contributed by atoms with Crippen LogP contribution in [0.3, 0.4) is 0 Å². The van der Waals surface area contributed by atoms with Crippen molar-refractivity contribution >= 4 is 12.1 Å². The number of rotatable bonds is 12. The van der Waals surface area contributed by atoms with Gasteiger partial charge in [0, 0.05) is 19.6 Å². The highest BCUT2D eigenvalue weighted by molar-refractivity contribution is 5.72. The third-order valence-electron chi connectivity index (χ3n) is 4.39. The molecule has 7 nitrogen and oxygen atoms in total. The van der Waals surface area contributed by atoms with Crippen LogP contribution in [0.5, 0.6) is 5.75 Å². The molecule has 1 aromatic rings. The van der Waals surface area contributed by atoms with Crippen molar-refractivity contribution in [2.24, 2.45) is 5.92 Å². The van der Waals surface area contributed by atoms with E-state index in [1.54, 1.807) is 24.0 Å². The molecular formula is C21H31NO6. The number of aliphatic carboxylic acids is 1. The fourth-order valence-electron chi connectivity index (χ4n) is 2.77. The van der Waals surface area contributed by atoms with Crippen molar-refractivity contribution in [2.45, 2.75) is 52.2 Å². The molecule has 1 aliphatic rings. The zero-order chi connectivity index (χ0) is 20.5. The highest BCUT2D eigenvalue weighted by Gasteiger charge is 2.27. The van der Waals surface area contributed by atoms with Crippen molar-refractivity contribution in [3.63, 3.8) is 0 Å². The number of carbonyl (C=O) groups excluding carboxylic acids is 1. The Morgan fingerprint density at radius 1 is 1.21 bits per heavy atom. The smallest absolute Gasteiger partial charge is 0.410 e. The average molecular weight is 393 g/mol. The standard InChI is InChI=1S/C21H31NO6/c1-4-26-19(20(23)24)13-16-7-9-18(10-8-16)27-12-11-22(14-17-5-6-17)21(25)28-15(2)3/h7-10,15,17,19H,4-6,11-14H2,1-3H3,(H,23,24). The van der Waals surface area contributed by atoms with Crippen LogP contribution in [0.15, 0.2) is 24.3 Å². The Hall–Kier alpha value is -2.28. The first-order chi connectivity index (χ1) is 13.4. The first-order valence-electron chi connectivity index (χ1n) is 9.90. The molecular weight excluding hydrogens is 362 g/mol. The third-order valence-corrected chi connectivity index (χ3v) is 4.39. The van der Waals surface area contributed by atoms with Gasteiger partial charge in [-0.1, -0.05) is 12.1 Å². The summed E-state index contributed by atoms with van der Waals surface area (Å²) in [6.45, 7) is 7.36. The maximum atomic E-state index is 12.2. The molecule has 0 aliphatic heterocycles. The molecule has 1 aliphatic carbocycles. The van der Waals surface area contributed by atoms with Gasteiger partial charge in [0.25, 0.3) is 0 Å². The number of hydrogen-bond acceptors (Lipinski definition) is 5. The number of hydrogen-bond donors (Lipinski definition) is 1. The highest BCUT2D eigenvalue weighted by atomic mass is 16.6. The molecule has 0 spiro atoms. The summed E-state index contributed by atoms with van der Waals surface area (Å²) in [5.74, 6) is 0.286. The Kier molecular flexibility index (Phi) is 8.57. The van der Waals surface area contributed by atoms with E-state index in [1.165, 1.54) is 0 Å². The summed E-state index contributed by atoms with van der Waals surface area (Å²) in [6, 6.07) is 7.27. The van der Waals surface area contributed by atoms with Gasteiger partial charge >= 0.3 is 12.1 Å². The fraction of sp³-hybridized carbons (Fsp3) is 0.619. The first-order valence-corrected chi connectivity index (χ1v) is 9.90.